The molecule has 9 nitrogen and oxygen atoms in total. The summed E-state index contributed by atoms with van der Waals surface area (Å²) in [5.41, 5.74) is 0.208. The number of amides is 1. The topological polar surface area (TPSA) is 101 Å². The highest BCUT2D eigenvalue weighted by atomic mass is 32.2. The lowest BCUT2D eigenvalue weighted by Crippen LogP contribution is -2.48. The van der Waals surface area contributed by atoms with Crippen molar-refractivity contribution in [3.8, 4) is 5.88 Å². The van der Waals surface area contributed by atoms with Gasteiger partial charge in [-0.1, -0.05) is 6.92 Å². The molecule has 0 spiro atoms. The summed E-state index contributed by atoms with van der Waals surface area (Å²) >= 11 is 0. The molecule has 1 aromatic rings. The third-order valence-corrected chi connectivity index (χ3v) is 5.85. The summed E-state index contributed by atoms with van der Waals surface area (Å²) in [6.07, 6.45) is 1.70. The molecule has 1 N–H and O–H groups in total. The molecule has 1 aliphatic rings. The number of carbonyl (C=O) groups is 1. The molecule has 10 heteroatoms. The molecule has 1 fully saturated rings. The van der Waals surface area contributed by atoms with Crippen molar-refractivity contribution in [2.45, 2.75) is 11.8 Å². The Morgan fingerprint density at radius 1 is 1.28 bits per heavy atom. The third-order valence-electron chi connectivity index (χ3n) is 3.98. The number of nitrogens with zero attached hydrogens (tertiary/aromatic N) is 3. The quantitative estimate of drug-likeness (QED) is 0.481. The van der Waals surface area contributed by atoms with Crippen LogP contribution >= 0.6 is 0 Å². The van der Waals surface area contributed by atoms with Crippen molar-refractivity contribution in [1.82, 2.24) is 14.2 Å². The van der Waals surface area contributed by atoms with E-state index in [1.165, 1.54) is 23.7 Å². The summed E-state index contributed by atoms with van der Waals surface area (Å²) in [5.74, 6) is 0.152. The fourth-order valence-electron chi connectivity index (χ4n) is 2.51. The van der Waals surface area contributed by atoms with Crippen LogP contribution in [0.25, 0.3) is 0 Å². The van der Waals surface area contributed by atoms with Crippen LogP contribution < -0.4 is 10.1 Å². The van der Waals surface area contributed by atoms with Gasteiger partial charge < -0.3 is 19.7 Å². The van der Waals surface area contributed by atoms with Gasteiger partial charge in [0, 0.05) is 33.3 Å². The van der Waals surface area contributed by atoms with Crippen LogP contribution in [-0.2, 0) is 19.6 Å². The molecule has 1 aromatic heterocycles. The van der Waals surface area contributed by atoms with Crippen LogP contribution in [0.5, 0.6) is 5.88 Å². The van der Waals surface area contributed by atoms with E-state index < -0.39 is 10.0 Å². The number of rotatable bonds is 9. The second kappa shape index (κ2) is 9.09. The first-order chi connectivity index (χ1) is 12.0. The molecule has 140 valence electrons. The number of hydrogen-bond acceptors (Lipinski definition) is 7. The van der Waals surface area contributed by atoms with E-state index in [0.29, 0.717) is 39.2 Å². The average Bonchev–Trinajstić information content (AvgIpc) is 2.63. The van der Waals surface area contributed by atoms with Gasteiger partial charge in [-0.2, -0.15) is 4.31 Å². The number of carbonyl (C=O) groups excluding carboxylic acids is 1. The van der Waals surface area contributed by atoms with Gasteiger partial charge in [-0.3, -0.25) is 4.79 Å². The summed E-state index contributed by atoms with van der Waals surface area (Å²) < 4.78 is 37.3. The molecule has 1 aliphatic heterocycles. The van der Waals surface area contributed by atoms with Crippen molar-refractivity contribution < 1.29 is 22.7 Å². The smallest absolute Gasteiger partial charge is 0.244 e. The SMILES string of the molecule is CCN1CCN(S(=O)(=O)c2cnc(OCCOC)c(NC=O)c2)CC1. The van der Waals surface area contributed by atoms with Gasteiger partial charge in [0.15, 0.2) is 0 Å². The monoisotopic (exact) mass is 372 g/mol. The second-order valence-electron chi connectivity index (χ2n) is 5.47. The lowest BCUT2D eigenvalue weighted by atomic mass is 10.4. The number of pyridine rings is 1. The number of hydrogen-bond donors (Lipinski definition) is 1. The molecule has 0 aliphatic carbocycles. The summed E-state index contributed by atoms with van der Waals surface area (Å²) in [5, 5.41) is 2.43. The molecule has 0 bridgehead atoms. The highest BCUT2D eigenvalue weighted by molar-refractivity contribution is 7.89. The number of aromatic nitrogens is 1. The molecule has 2 rings (SSSR count). The Morgan fingerprint density at radius 2 is 2.00 bits per heavy atom. The molecular weight excluding hydrogens is 348 g/mol. The Morgan fingerprint density at radius 3 is 2.60 bits per heavy atom. The molecule has 0 aromatic carbocycles. The summed E-state index contributed by atoms with van der Waals surface area (Å²) in [6, 6.07) is 1.37. The first-order valence-electron chi connectivity index (χ1n) is 8.07. The number of nitrogens with one attached hydrogen (secondary N) is 1. The highest BCUT2D eigenvalue weighted by Crippen LogP contribution is 2.26. The number of anilines is 1. The average molecular weight is 372 g/mol. The predicted molar refractivity (Wildman–Crippen MR) is 92.2 cm³/mol. The number of methoxy groups -OCH3 is 1. The molecular formula is C15H24N4O5S. The summed E-state index contributed by atoms with van der Waals surface area (Å²) in [7, 11) is -2.13. The first kappa shape index (κ1) is 19.6. The van der Waals surface area contributed by atoms with E-state index in [1.807, 2.05) is 6.92 Å². The van der Waals surface area contributed by atoms with E-state index in [4.69, 9.17) is 9.47 Å². The van der Waals surface area contributed by atoms with Gasteiger partial charge >= 0.3 is 0 Å². The number of ether oxygens (including phenoxy) is 2. The van der Waals surface area contributed by atoms with Crippen LogP contribution in [0.3, 0.4) is 0 Å². The zero-order valence-electron chi connectivity index (χ0n) is 14.5. The lowest BCUT2D eigenvalue weighted by molar-refractivity contribution is -0.105. The fourth-order valence-corrected chi connectivity index (χ4v) is 3.91. The Hall–Kier alpha value is -1.75. The largest absolute Gasteiger partial charge is 0.474 e. The molecule has 0 unspecified atom stereocenters. The van der Waals surface area contributed by atoms with Crippen LogP contribution in [0.1, 0.15) is 6.92 Å². The van der Waals surface area contributed by atoms with E-state index in [-0.39, 0.29) is 23.1 Å². The van der Waals surface area contributed by atoms with Crippen molar-refractivity contribution >= 4 is 22.1 Å². The second-order valence-corrected chi connectivity index (χ2v) is 7.40. The molecule has 0 radical (unpaired) electrons. The summed E-state index contributed by atoms with van der Waals surface area (Å²) in [4.78, 5) is 17.1. The molecule has 2 heterocycles. The van der Waals surface area contributed by atoms with Gasteiger partial charge in [0.25, 0.3) is 0 Å². The van der Waals surface area contributed by atoms with E-state index >= 15 is 0 Å². The highest BCUT2D eigenvalue weighted by Gasteiger charge is 2.29. The minimum Gasteiger partial charge on any atom is -0.474 e. The molecule has 25 heavy (non-hydrogen) atoms. The maximum absolute atomic E-state index is 12.8. The lowest BCUT2D eigenvalue weighted by Gasteiger charge is -2.33. The van der Waals surface area contributed by atoms with Gasteiger partial charge in [0.05, 0.1) is 12.8 Å². The van der Waals surface area contributed by atoms with Crippen molar-refractivity contribution in [1.29, 1.82) is 0 Å². The van der Waals surface area contributed by atoms with Crippen LogP contribution in [0.15, 0.2) is 17.2 Å². The number of piperazine rings is 1. The van der Waals surface area contributed by atoms with Crippen LogP contribution in [0.2, 0.25) is 0 Å². The van der Waals surface area contributed by atoms with Crippen LogP contribution in [0, 0.1) is 0 Å². The molecule has 0 atom stereocenters. The normalized spacial score (nSPS) is 16.6. The van der Waals surface area contributed by atoms with Crippen molar-refractivity contribution in [2.75, 3.05) is 58.4 Å². The van der Waals surface area contributed by atoms with E-state index in [0.717, 1.165) is 6.54 Å². The van der Waals surface area contributed by atoms with Gasteiger partial charge in [-0.25, -0.2) is 13.4 Å². The van der Waals surface area contributed by atoms with Gasteiger partial charge in [-0.05, 0) is 12.6 Å². The predicted octanol–water partition coefficient (Wildman–Crippen LogP) is 0.00130. The van der Waals surface area contributed by atoms with E-state index in [1.54, 1.807) is 0 Å². The van der Waals surface area contributed by atoms with Crippen LogP contribution in [0.4, 0.5) is 5.69 Å². The van der Waals surface area contributed by atoms with Crippen molar-refractivity contribution in [3.63, 3.8) is 0 Å². The molecule has 1 saturated heterocycles. The summed E-state index contributed by atoms with van der Waals surface area (Å²) in [6.45, 7) is 5.79. The van der Waals surface area contributed by atoms with E-state index in [2.05, 4.69) is 15.2 Å². The third kappa shape index (κ3) is 4.88. The Labute approximate surface area is 148 Å². The minimum absolute atomic E-state index is 0.0286. The number of sulfonamides is 1. The van der Waals surface area contributed by atoms with Crippen molar-refractivity contribution in [3.05, 3.63) is 12.3 Å². The van der Waals surface area contributed by atoms with Gasteiger partial charge in [0.2, 0.25) is 22.3 Å². The first-order valence-corrected chi connectivity index (χ1v) is 9.51. The van der Waals surface area contributed by atoms with Crippen LogP contribution in [-0.4, -0.2) is 82.1 Å². The Kier molecular flexibility index (Phi) is 7.12. The Bertz CT molecular complexity index is 674. The van der Waals surface area contributed by atoms with E-state index in [9.17, 15) is 13.2 Å². The van der Waals surface area contributed by atoms with Gasteiger partial charge in [-0.15, -0.1) is 0 Å². The zero-order chi connectivity index (χ0) is 18.3. The maximum atomic E-state index is 12.8. The number of likely N-dealkylation sites (N-methyl/N-ethyl adjacent to an activating group) is 1. The Balaban J connectivity index is 2.19. The maximum Gasteiger partial charge on any atom is 0.244 e. The molecule has 1 amide bonds. The zero-order valence-corrected chi connectivity index (χ0v) is 15.3. The fraction of sp³-hybridized carbons (Fsp3) is 0.600. The van der Waals surface area contributed by atoms with Crippen molar-refractivity contribution in [2.24, 2.45) is 0 Å². The minimum atomic E-state index is -3.67. The standard InChI is InChI=1S/C15H24N4O5S/c1-3-18-4-6-19(7-5-18)25(21,22)13-10-14(17-12-20)15(16-11-13)24-9-8-23-2/h10-12H,3-9H2,1-2H3,(H,17,20). The van der Waals surface area contributed by atoms with Gasteiger partial charge in [0.1, 0.15) is 17.2 Å². The molecule has 0 saturated carbocycles.